The fourth-order valence-electron chi connectivity index (χ4n) is 4.52. The van der Waals surface area contributed by atoms with Gasteiger partial charge in [-0.2, -0.15) is 0 Å². The van der Waals surface area contributed by atoms with Gasteiger partial charge >= 0.3 is 0 Å². The predicted octanol–water partition coefficient (Wildman–Crippen LogP) is 4.12. The van der Waals surface area contributed by atoms with Gasteiger partial charge in [0.1, 0.15) is 0 Å². The van der Waals surface area contributed by atoms with Crippen molar-refractivity contribution in [1.29, 1.82) is 0 Å². The second-order valence-electron chi connectivity index (χ2n) is 8.55. The first-order valence-electron chi connectivity index (χ1n) is 11.0. The molecule has 2 aromatic rings. The molecule has 3 heterocycles. The minimum Gasteiger partial charge on any atom is -0.349 e. The first-order valence-corrected chi connectivity index (χ1v) is 11.4. The quantitative estimate of drug-likeness (QED) is 0.596. The number of likely N-dealkylation sites (tertiary alicyclic amines) is 2. The topological polar surface area (TPSA) is 49.7 Å². The van der Waals surface area contributed by atoms with Gasteiger partial charge < -0.3 is 15.1 Å². The molecule has 0 saturated carbocycles. The number of nitrogens with one attached hydrogen (secondary N) is 2. The zero-order valence-electron chi connectivity index (χ0n) is 17.7. The van der Waals surface area contributed by atoms with Crippen molar-refractivity contribution >= 4 is 39.8 Å². The molecular formula is C24H31N4OS+. The molecule has 158 valence electrons. The molecule has 2 atom stereocenters. The summed E-state index contributed by atoms with van der Waals surface area (Å²) in [7, 11) is 0. The van der Waals surface area contributed by atoms with Crippen molar-refractivity contribution < 1.29 is 9.78 Å². The van der Waals surface area contributed by atoms with E-state index in [1.54, 1.807) is 0 Å². The van der Waals surface area contributed by atoms with Gasteiger partial charge in [0.2, 0.25) is 5.52 Å². The zero-order chi connectivity index (χ0) is 21.1. The molecule has 2 aliphatic rings. The lowest BCUT2D eigenvalue weighted by molar-refractivity contribution is -0.344. The second kappa shape index (κ2) is 9.13. The molecule has 0 radical (unpaired) electrons. The number of fused-ring (bicyclic) bond motifs is 1. The van der Waals surface area contributed by atoms with Crippen LogP contribution >= 0.6 is 12.2 Å². The van der Waals surface area contributed by atoms with E-state index >= 15 is 0 Å². The van der Waals surface area contributed by atoms with Gasteiger partial charge in [0, 0.05) is 44.0 Å². The van der Waals surface area contributed by atoms with Crippen LogP contribution in [0.2, 0.25) is 0 Å². The average molecular weight is 424 g/mol. The van der Waals surface area contributed by atoms with Crippen molar-refractivity contribution in [2.45, 2.75) is 32.6 Å². The molecule has 2 N–H and O–H groups in total. The molecular weight excluding hydrogens is 392 g/mol. The monoisotopic (exact) mass is 423 g/mol. The van der Waals surface area contributed by atoms with Crippen molar-refractivity contribution in [2.24, 2.45) is 11.8 Å². The zero-order valence-corrected chi connectivity index (χ0v) is 18.5. The number of aromatic nitrogens is 1. The first-order chi connectivity index (χ1) is 14.6. The Morgan fingerprint density at radius 1 is 1.20 bits per heavy atom. The number of nitrogens with zero attached hydrogens (tertiary/aromatic N) is 2. The van der Waals surface area contributed by atoms with Gasteiger partial charge in [-0.25, -0.2) is 4.98 Å². The number of H-pyrrole nitrogens is 1. The van der Waals surface area contributed by atoms with Crippen LogP contribution in [0.15, 0.2) is 43.1 Å². The van der Waals surface area contributed by atoms with Crippen molar-refractivity contribution in [3.05, 3.63) is 48.7 Å². The highest BCUT2D eigenvalue weighted by molar-refractivity contribution is 7.80. The summed E-state index contributed by atoms with van der Waals surface area (Å²) in [4.78, 5) is 20.9. The van der Waals surface area contributed by atoms with Crippen molar-refractivity contribution in [3.63, 3.8) is 0 Å². The molecule has 6 heteroatoms. The van der Waals surface area contributed by atoms with Gasteiger partial charge in [0.25, 0.3) is 5.91 Å². The van der Waals surface area contributed by atoms with Gasteiger partial charge in [0.15, 0.2) is 11.3 Å². The Hall–Kier alpha value is -2.47. The van der Waals surface area contributed by atoms with Crippen LogP contribution in [0.5, 0.6) is 0 Å². The maximum Gasteiger partial charge on any atom is 0.254 e. The van der Waals surface area contributed by atoms with Gasteiger partial charge in [-0.15, -0.1) is 6.58 Å². The van der Waals surface area contributed by atoms with Gasteiger partial charge in [0.05, 0.1) is 10.9 Å². The highest BCUT2D eigenvalue weighted by Crippen LogP contribution is 2.27. The van der Waals surface area contributed by atoms with Crippen LogP contribution in [-0.4, -0.2) is 47.0 Å². The summed E-state index contributed by atoms with van der Waals surface area (Å²) in [5.41, 5.74) is 2.59. The molecule has 0 spiro atoms. The summed E-state index contributed by atoms with van der Waals surface area (Å²) in [6.45, 7) is 9.75. The largest absolute Gasteiger partial charge is 0.349 e. The number of thiocarbonyl (C=S) groups is 1. The molecule has 0 aliphatic carbocycles. The van der Waals surface area contributed by atoms with E-state index in [4.69, 9.17) is 12.2 Å². The smallest absolute Gasteiger partial charge is 0.254 e. The summed E-state index contributed by atoms with van der Waals surface area (Å²) in [5, 5.41) is 5.06. The molecule has 1 aromatic heterocycles. The van der Waals surface area contributed by atoms with E-state index in [1.807, 2.05) is 41.4 Å². The van der Waals surface area contributed by atoms with Crippen molar-refractivity contribution in [1.82, 2.24) is 9.80 Å². The Morgan fingerprint density at radius 2 is 2.00 bits per heavy atom. The number of carbonyl (C=O) groups excluding carboxylic acids is 1. The number of aromatic amines is 1. The van der Waals surface area contributed by atoms with E-state index < -0.39 is 0 Å². The predicted molar refractivity (Wildman–Crippen MR) is 126 cm³/mol. The number of hydrogen-bond acceptors (Lipinski definition) is 2. The Kier molecular flexibility index (Phi) is 6.32. The van der Waals surface area contributed by atoms with Crippen LogP contribution in [0.3, 0.4) is 0 Å². The number of anilines is 1. The Labute approximate surface area is 184 Å². The molecule has 2 fully saturated rings. The van der Waals surface area contributed by atoms with Gasteiger partial charge in [-0.05, 0) is 61.9 Å². The van der Waals surface area contributed by atoms with E-state index in [2.05, 4.69) is 28.7 Å². The van der Waals surface area contributed by atoms with Crippen LogP contribution in [0, 0.1) is 11.8 Å². The minimum absolute atomic E-state index is 0.0866. The average Bonchev–Trinajstić information content (AvgIpc) is 2.79. The first kappa shape index (κ1) is 20.8. The third-order valence-corrected chi connectivity index (χ3v) is 6.89. The molecule has 30 heavy (non-hydrogen) atoms. The molecule has 2 aliphatic heterocycles. The minimum atomic E-state index is 0.0866. The van der Waals surface area contributed by atoms with E-state index in [0.29, 0.717) is 11.8 Å². The number of carbonyl (C=O) groups is 1. The highest BCUT2D eigenvalue weighted by Gasteiger charge is 2.29. The Bertz CT molecular complexity index is 953. The number of rotatable bonds is 3. The maximum absolute atomic E-state index is 13.4. The van der Waals surface area contributed by atoms with Crippen molar-refractivity contribution in [3.8, 4) is 0 Å². The second-order valence-corrected chi connectivity index (χ2v) is 8.93. The van der Waals surface area contributed by atoms with E-state index in [1.165, 1.54) is 19.3 Å². The molecule has 2 unspecified atom stereocenters. The summed E-state index contributed by atoms with van der Waals surface area (Å²) in [6, 6.07) is 7.95. The standard InChI is InChI=1S/C24H30N4OS/c1-3-18-16-28(14-10-17(18)2)23(29)20-9-11-25-22-8-7-19(15-21(20)22)26-24(30)27-12-5-4-6-13-27/h3,7-9,11,15,17-18H,1,4-6,10,12-14,16H2,2H3,(H,26,30)/p+1. The van der Waals surface area contributed by atoms with Gasteiger partial charge in [-0.1, -0.05) is 13.0 Å². The fraction of sp³-hybridized carbons (Fsp3) is 0.458. The lowest BCUT2D eigenvalue weighted by Crippen LogP contribution is -2.42. The molecule has 0 bridgehead atoms. The Balaban J connectivity index is 1.57. The molecule has 1 amide bonds. The van der Waals surface area contributed by atoms with Crippen LogP contribution < -0.4 is 10.3 Å². The summed E-state index contributed by atoms with van der Waals surface area (Å²) < 4.78 is 0. The third kappa shape index (κ3) is 4.33. The highest BCUT2D eigenvalue weighted by atomic mass is 32.1. The molecule has 2 saturated heterocycles. The lowest BCUT2D eigenvalue weighted by atomic mass is 9.87. The summed E-state index contributed by atoms with van der Waals surface area (Å²) in [5.74, 6) is 1.01. The van der Waals surface area contributed by atoms with Crippen LogP contribution in [0.4, 0.5) is 5.69 Å². The number of hydrogen-bond donors (Lipinski definition) is 1. The maximum atomic E-state index is 13.4. The lowest BCUT2D eigenvalue weighted by Gasteiger charge is -2.35. The molecule has 4 rings (SSSR count). The number of piperidine rings is 2. The number of amides is 1. The van der Waals surface area contributed by atoms with Crippen LogP contribution in [-0.2, 0) is 0 Å². The van der Waals surface area contributed by atoms with Crippen molar-refractivity contribution in [2.75, 3.05) is 31.5 Å². The van der Waals surface area contributed by atoms with E-state index in [-0.39, 0.29) is 5.91 Å². The van der Waals surface area contributed by atoms with E-state index in [9.17, 15) is 4.79 Å². The summed E-state index contributed by atoms with van der Waals surface area (Å²) in [6.07, 6.45) is 8.50. The third-order valence-electron chi connectivity index (χ3n) is 6.53. The summed E-state index contributed by atoms with van der Waals surface area (Å²) >= 11 is 5.63. The van der Waals surface area contributed by atoms with Crippen LogP contribution in [0.25, 0.3) is 10.9 Å². The van der Waals surface area contributed by atoms with Gasteiger partial charge in [-0.3, -0.25) is 4.79 Å². The molecule has 5 nitrogen and oxygen atoms in total. The van der Waals surface area contributed by atoms with E-state index in [0.717, 1.165) is 59.9 Å². The Morgan fingerprint density at radius 3 is 2.77 bits per heavy atom. The number of pyridine rings is 1. The van der Waals surface area contributed by atoms with Crippen LogP contribution in [0.1, 0.15) is 43.0 Å². The normalized spacial score (nSPS) is 22.0. The number of benzene rings is 1. The fourth-order valence-corrected chi connectivity index (χ4v) is 4.82. The SMILES string of the molecule is C=CC1CN(C(=O)c2cc[nH+]c3ccc(NC(=S)N4CCCCC4)cc23)CCC1C. The molecule has 1 aromatic carbocycles.